The van der Waals surface area contributed by atoms with Gasteiger partial charge in [-0.15, -0.1) is 0 Å². The average molecular weight is 277 g/mol. The van der Waals surface area contributed by atoms with E-state index < -0.39 is 4.92 Å². The van der Waals surface area contributed by atoms with Gasteiger partial charge < -0.3 is 4.57 Å². The van der Waals surface area contributed by atoms with Crippen molar-refractivity contribution in [1.82, 2.24) is 4.57 Å². The van der Waals surface area contributed by atoms with Crippen molar-refractivity contribution in [2.24, 2.45) is 0 Å². The van der Waals surface area contributed by atoms with Gasteiger partial charge >= 0.3 is 0 Å². The number of nitro groups is 1. The summed E-state index contributed by atoms with van der Waals surface area (Å²) >= 11 is 0. The molecule has 0 saturated carbocycles. The van der Waals surface area contributed by atoms with Crippen molar-refractivity contribution in [3.8, 4) is 6.07 Å². The molecule has 0 amide bonds. The van der Waals surface area contributed by atoms with E-state index in [1.165, 1.54) is 6.07 Å². The molecule has 0 fully saturated rings. The maximum Gasteiger partial charge on any atom is 0.270 e. The second-order valence-corrected chi connectivity index (χ2v) is 4.75. The lowest BCUT2D eigenvalue weighted by Crippen LogP contribution is -1.98. The number of non-ortho nitro benzene ring substituents is 1. The Morgan fingerprint density at radius 3 is 2.57 bits per heavy atom. The molecule has 0 aliphatic heterocycles. The summed E-state index contributed by atoms with van der Waals surface area (Å²) in [6, 6.07) is 16.2. The molecule has 0 unspecified atom stereocenters. The maximum absolute atomic E-state index is 10.8. The second kappa shape index (κ2) is 5.10. The van der Waals surface area contributed by atoms with Crippen LogP contribution in [0.5, 0.6) is 0 Å². The summed E-state index contributed by atoms with van der Waals surface area (Å²) in [5.74, 6) is 0. The predicted octanol–water partition coefficient (Wildman–Crippen LogP) is 3.47. The largest absolute Gasteiger partial charge is 0.343 e. The molecule has 3 rings (SSSR count). The van der Waals surface area contributed by atoms with Crippen LogP contribution in [-0.4, -0.2) is 9.49 Å². The first-order valence-electron chi connectivity index (χ1n) is 6.40. The summed E-state index contributed by atoms with van der Waals surface area (Å²) in [7, 11) is 0. The Bertz CT molecular complexity index is 857. The van der Waals surface area contributed by atoms with Gasteiger partial charge in [-0.2, -0.15) is 5.26 Å². The van der Waals surface area contributed by atoms with Gasteiger partial charge in [0.15, 0.2) is 0 Å². The third-order valence-corrected chi connectivity index (χ3v) is 3.40. The molecule has 0 spiro atoms. The molecule has 3 aromatic rings. The zero-order valence-electron chi connectivity index (χ0n) is 11.1. The van der Waals surface area contributed by atoms with Gasteiger partial charge in [0.25, 0.3) is 5.69 Å². The first-order valence-corrected chi connectivity index (χ1v) is 6.40. The van der Waals surface area contributed by atoms with Gasteiger partial charge in [0, 0.05) is 35.8 Å². The third-order valence-electron chi connectivity index (χ3n) is 3.40. The van der Waals surface area contributed by atoms with Crippen LogP contribution >= 0.6 is 0 Å². The fourth-order valence-corrected chi connectivity index (χ4v) is 2.32. The SMILES string of the molecule is N#Cc1ccc(Cn2ccc3cc([N+](=O)[O-])ccc32)cc1. The van der Waals surface area contributed by atoms with Crippen molar-refractivity contribution in [2.45, 2.75) is 6.54 Å². The summed E-state index contributed by atoms with van der Waals surface area (Å²) in [6.07, 6.45) is 1.91. The molecule has 0 N–H and O–H groups in total. The first kappa shape index (κ1) is 12.9. The molecule has 21 heavy (non-hydrogen) atoms. The van der Waals surface area contributed by atoms with Gasteiger partial charge in [-0.05, 0) is 29.8 Å². The van der Waals surface area contributed by atoms with Crippen LogP contribution in [0, 0.1) is 21.4 Å². The van der Waals surface area contributed by atoms with Gasteiger partial charge in [-0.3, -0.25) is 10.1 Å². The normalized spacial score (nSPS) is 10.4. The van der Waals surface area contributed by atoms with Crippen LogP contribution in [0.25, 0.3) is 10.9 Å². The van der Waals surface area contributed by atoms with Crippen LogP contribution < -0.4 is 0 Å². The Hall–Kier alpha value is -3.13. The Labute approximate surface area is 120 Å². The summed E-state index contributed by atoms with van der Waals surface area (Å²) < 4.78 is 2.03. The van der Waals surface area contributed by atoms with E-state index in [1.54, 1.807) is 24.3 Å². The van der Waals surface area contributed by atoms with Gasteiger partial charge in [0.2, 0.25) is 0 Å². The molecule has 0 aliphatic rings. The number of hydrogen-bond donors (Lipinski definition) is 0. The van der Waals surface area contributed by atoms with Crippen molar-refractivity contribution >= 4 is 16.6 Å². The highest BCUT2D eigenvalue weighted by atomic mass is 16.6. The molecule has 1 aromatic heterocycles. The Morgan fingerprint density at radius 1 is 1.14 bits per heavy atom. The van der Waals surface area contributed by atoms with E-state index >= 15 is 0 Å². The molecule has 0 radical (unpaired) electrons. The average Bonchev–Trinajstić information content (AvgIpc) is 2.90. The van der Waals surface area contributed by atoms with E-state index in [1.807, 2.05) is 29.0 Å². The molecule has 0 bridgehead atoms. The van der Waals surface area contributed by atoms with E-state index in [9.17, 15) is 10.1 Å². The molecule has 5 heteroatoms. The Morgan fingerprint density at radius 2 is 1.90 bits per heavy atom. The third kappa shape index (κ3) is 2.47. The standard InChI is InChI=1S/C16H11N3O2/c17-10-12-1-3-13(4-2-12)11-18-8-7-14-9-15(19(20)21)5-6-16(14)18/h1-9H,11H2. The minimum absolute atomic E-state index is 0.0959. The van der Waals surface area contributed by atoms with Gasteiger partial charge in [0.1, 0.15) is 0 Å². The minimum atomic E-state index is -0.391. The van der Waals surface area contributed by atoms with Crippen LogP contribution in [0.2, 0.25) is 0 Å². The van der Waals surface area contributed by atoms with Crippen molar-refractivity contribution in [2.75, 3.05) is 0 Å². The molecule has 0 saturated heterocycles. The topological polar surface area (TPSA) is 71.9 Å². The number of nitriles is 1. The van der Waals surface area contributed by atoms with Crippen LogP contribution in [0.1, 0.15) is 11.1 Å². The summed E-state index contributed by atoms with van der Waals surface area (Å²) in [5.41, 5.74) is 2.75. The Kier molecular flexibility index (Phi) is 3.13. The summed E-state index contributed by atoms with van der Waals surface area (Å²) in [4.78, 5) is 10.4. The number of hydrogen-bond acceptors (Lipinski definition) is 3. The van der Waals surface area contributed by atoms with Crippen molar-refractivity contribution in [3.63, 3.8) is 0 Å². The van der Waals surface area contributed by atoms with Crippen molar-refractivity contribution in [3.05, 3.63) is 76.0 Å². The molecule has 2 aromatic carbocycles. The fraction of sp³-hybridized carbons (Fsp3) is 0.0625. The number of benzene rings is 2. The van der Waals surface area contributed by atoms with Crippen LogP contribution in [0.3, 0.4) is 0 Å². The number of aromatic nitrogens is 1. The number of nitro benzene ring substituents is 1. The smallest absolute Gasteiger partial charge is 0.270 e. The first-order chi connectivity index (χ1) is 10.2. The number of fused-ring (bicyclic) bond motifs is 1. The highest BCUT2D eigenvalue weighted by molar-refractivity contribution is 5.82. The van der Waals surface area contributed by atoms with Crippen LogP contribution in [0.4, 0.5) is 5.69 Å². The highest BCUT2D eigenvalue weighted by Crippen LogP contribution is 2.22. The lowest BCUT2D eigenvalue weighted by Gasteiger charge is -2.05. The molecule has 102 valence electrons. The van der Waals surface area contributed by atoms with Gasteiger partial charge in [0.05, 0.1) is 16.6 Å². The molecule has 0 atom stereocenters. The molecule has 0 aliphatic carbocycles. The van der Waals surface area contributed by atoms with E-state index in [-0.39, 0.29) is 5.69 Å². The van der Waals surface area contributed by atoms with Crippen molar-refractivity contribution in [1.29, 1.82) is 5.26 Å². The predicted molar refractivity (Wildman–Crippen MR) is 78.9 cm³/mol. The highest BCUT2D eigenvalue weighted by Gasteiger charge is 2.08. The molecular formula is C16H11N3O2. The molecular weight excluding hydrogens is 266 g/mol. The lowest BCUT2D eigenvalue weighted by atomic mass is 10.1. The summed E-state index contributed by atoms with van der Waals surface area (Å²) in [6.45, 7) is 0.660. The fourth-order valence-electron chi connectivity index (χ4n) is 2.32. The van der Waals surface area contributed by atoms with E-state index in [0.717, 1.165) is 16.5 Å². The maximum atomic E-state index is 10.8. The van der Waals surface area contributed by atoms with E-state index in [2.05, 4.69) is 6.07 Å². The lowest BCUT2D eigenvalue weighted by molar-refractivity contribution is -0.384. The monoisotopic (exact) mass is 277 g/mol. The van der Waals surface area contributed by atoms with E-state index in [4.69, 9.17) is 5.26 Å². The van der Waals surface area contributed by atoms with Crippen LogP contribution in [0.15, 0.2) is 54.7 Å². The van der Waals surface area contributed by atoms with E-state index in [0.29, 0.717) is 12.1 Å². The number of rotatable bonds is 3. The quantitative estimate of drug-likeness (QED) is 0.543. The zero-order chi connectivity index (χ0) is 14.8. The Balaban J connectivity index is 1.93. The minimum Gasteiger partial charge on any atom is -0.343 e. The number of nitrogens with zero attached hydrogens (tertiary/aromatic N) is 3. The van der Waals surface area contributed by atoms with Gasteiger partial charge in [-0.25, -0.2) is 0 Å². The second-order valence-electron chi connectivity index (χ2n) is 4.75. The van der Waals surface area contributed by atoms with Crippen molar-refractivity contribution < 1.29 is 4.92 Å². The molecule has 5 nitrogen and oxygen atoms in total. The van der Waals surface area contributed by atoms with Gasteiger partial charge in [-0.1, -0.05) is 12.1 Å². The van der Waals surface area contributed by atoms with Crippen LogP contribution in [-0.2, 0) is 6.54 Å². The summed E-state index contributed by atoms with van der Waals surface area (Å²) in [5, 5.41) is 20.4. The zero-order valence-corrected chi connectivity index (χ0v) is 11.1. The molecule has 1 heterocycles.